The topological polar surface area (TPSA) is 98.8 Å². The Kier molecular flexibility index (Phi) is 6.36. The number of carbonyl (C=O) groups is 1. The van der Waals surface area contributed by atoms with Crippen LogP contribution in [0.2, 0.25) is 5.02 Å². The van der Waals surface area contributed by atoms with Crippen molar-refractivity contribution in [1.29, 1.82) is 0 Å². The second-order valence-corrected chi connectivity index (χ2v) is 9.25. The van der Waals surface area contributed by atoms with Gasteiger partial charge in [0.05, 0.1) is 28.6 Å². The van der Waals surface area contributed by atoms with Crippen LogP contribution in [0.3, 0.4) is 0 Å². The molecule has 5 rings (SSSR count). The van der Waals surface area contributed by atoms with Gasteiger partial charge in [-0.25, -0.2) is 9.37 Å². The highest BCUT2D eigenvalue weighted by molar-refractivity contribution is 6.30. The first-order chi connectivity index (χ1) is 16.9. The van der Waals surface area contributed by atoms with E-state index in [9.17, 15) is 9.18 Å². The summed E-state index contributed by atoms with van der Waals surface area (Å²) >= 11 is 6.09. The number of fused-ring (bicyclic) bond motifs is 1. The minimum absolute atomic E-state index is 0.0143. The number of hydrogen-bond donors (Lipinski definition) is 3. The maximum absolute atomic E-state index is 14.5. The summed E-state index contributed by atoms with van der Waals surface area (Å²) in [6.45, 7) is 5.86. The standard InChI is InChI=1S/C25H25ClFN7O/c1-14(2)31-25(35)23-13-34(8-7-28-23)16-10-22-21(29-11-16)6-5-20(32-22)18-12-30-33-24(18)17-9-15(26)3-4-19(17)27/h3-6,9-12,14,23,28H,7-8,13H2,1-2H3,(H,30,33)(H,31,35). The molecule has 10 heteroatoms. The first kappa shape index (κ1) is 23.2. The molecule has 4 heterocycles. The van der Waals surface area contributed by atoms with Gasteiger partial charge in [0, 0.05) is 48.0 Å². The van der Waals surface area contributed by atoms with Crippen LogP contribution in [0.4, 0.5) is 10.1 Å². The number of nitrogens with zero attached hydrogens (tertiary/aromatic N) is 4. The molecular weight excluding hydrogens is 469 g/mol. The minimum atomic E-state index is -0.415. The average molecular weight is 494 g/mol. The summed E-state index contributed by atoms with van der Waals surface area (Å²) in [6.07, 6.45) is 3.49. The van der Waals surface area contributed by atoms with Gasteiger partial charge in [-0.3, -0.25) is 14.9 Å². The lowest BCUT2D eigenvalue weighted by Gasteiger charge is -2.34. The highest BCUT2D eigenvalue weighted by Crippen LogP contribution is 2.33. The monoisotopic (exact) mass is 493 g/mol. The lowest BCUT2D eigenvalue weighted by atomic mass is 10.0. The molecule has 0 spiro atoms. The van der Waals surface area contributed by atoms with Crippen LogP contribution in [-0.4, -0.2) is 57.8 Å². The summed E-state index contributed by atoms with van der Waals surface area (Å²) in [5.74, 6) is -0.429. The summed E-state index contributed by atoms with van der Waals surface area (Å²) in [4.78, 5) is 24.0. The van der Waals surface area contributed by atoms with Gasteiger partial charge < -0.3 is 15.5 Å². The Balaban J connectivity index is 1.46. The van der Waals surface area contributed by atoms with Crippen molar-refractivity contribution in [2.24, 2.45) is 0 Å². The molecule has 1 aliphatic rings. The molecule has 4 aromatic rings. The van der Waals surface area contributed by atoms with Crippen molar-refractivity contribution in [1.82, 2.24) is 30.8 Å². The molecule has 1 unspecified atom stereocenters. The molecule has 8 nitrogen and oxygen atoms in total. The zero-order valence-electron chi connectivity index (χ0n) is 19.3. The number of amides is 1. The van der Waals surface area contributed by atoms with E-state index in [2.05, 4.69) is 30.7 Å². The Morgan fingerprint density at radius 1 is 1.20 bits per heavy atom. The van der Waals surface area contributed by atoms with Gasteiger partial charge >= 0.3 is 0 Å². The Morgan fingerprint density at radius 2 is 2.06 bits per heavy atom. The van der Waals surface area contributed by atoms with E-state index in [0.717, 1.165) is 17.7 Å². The number of nitrogens with one attached hydrogen (secondary N) is 3. The summed E-state index contributed by atoms with van der Waals surface area (Å²) in [5, 5.41) is 13.7. The fraction of sp³-hybridized carbons (Fsp3) is 0.280. The predicted molar refractivity (Wildman–Crippen MR) is 135 cm³/mol. The van der Waals surface area contributed by atoms with Crippen LogP contribution in [0.25, 0.3) is 33.5 Å². The second kappa shape index (κ2) is 9.59. The molecule has 1 amide bonds. The predicted octanol–water partition coefficient (Wildman–Crippen LogP) is 3.78. The van der Waals surface area contributed by atoms with Crippen molar-refractivity contribution in [3.05, 3.63) is 59.6 Å². The Labute approximate surface area is 206 Å². The van der Waals surface area contributed by atoms with Crippen molar-refractivity contribution in [3.63, 3.8) is 0 Å². The van der Waals surface area contributed by atoms with E-state index in [1.54, 1.807) is 18.5 Å². The van der Waals surface area contributed by atoms with Crippen molar-refractivity contribution in [2.75, 3.05) is 24.5 Å². The third-order valence-corrected chi connectivity index (χ3v) is 6.15. The summed E-state index contributed by atoms with van der Waals surface area (Å²) in [7, 11) is 0. The lowest BCUT2D eigenvalue weighted by Crippen LogP contribution is -2.58. The van der Waals surface area contributed by atoms with Gasteiger partial charge in [-0.2, -0.15) is 5.10 Å². The number of pyridine rings is 2. The van der Waals surface area contributed by atoms with Gasteiger partial charge in [-0.15, -0.1) is 0 Å². The van der Waals surface area contributed by atoms with E-state index in [-0.39, 0.29) is 18.0 Å². The van der Waals surface area contributed by atoms with Crippen LogP contribution in [-0.2, 0) is 4.79 Å². The van der Waals surface area contributed by atoms with E-state index < -0.39 is 5.82 Å². The number of benzene rings is 1. The van der Waals surface area contributed by atoms with Crippen LogP contribution in [0.1, 0.15) is 13.8 Å². The van der Waals surface area contributed by atoms with Crippen molar-refractivity contribution in [2.45, 2.75) is 25.9 Å². The van der Waals surface area contributed by atoms with E-state index in [0.29, 0.717) is 46.1 Å². The molecule has 1 saturated heterocycles. The zero-order valence-corrected chi connectivity index (χ0v) is 20.1. The van der Waals surface area contributed by atoms with Gasteiger partial charge in [-0.05, 0) is 50.2 Å². The maximum atomic E-state index is 14.5. The molecule has 0 saturated carbocycles. The summed E-state index contributed by atoms with van der Waals surface area (Å²) < 4.78 is 14.5. The number of hydrogen-bond acceptors (Lipinski definition) is 6. The molecule has 1 aromatic carbocycles. The quantitative estimate of drug-likeness (QED) is 0.391. The maximum Gasteiger partial charge on any atom is 0.239 e. The van der Waals surface area contributed by atoms with Gasteiger partial charge in [0.15, 0.2) is 0 Å². The molecule has 3 aromatic heterocycles. The number of rotatable bonds is 5. The van der Waals surface area contributed by atoms with Crippen LogP contribution in [0.15, 0.2) is 48.8 Å². The van der Waals surface area contributed by atoms with Crippen LogP contribution in [0, 0.1) is 5.82 Å². The van der Waals surface area contributed by atoms with Crippen molar-refractivity contribution in [3.8, 4) is 22.5 Å². The molecule has 3 N–H and O–H groups in total. The van der Waals surface area contributed by atoms with Crippen LogP contribution in [0.5, 0.6) is 0 Å². The number of anilines is 1. The van der Waals surface area contributed by atoms with Crippen molar-refractivity contribution >= 4 is 34.2 Å². The van der Waals surface area contributed by atoms with E-state index in [1.165, 1.54) is 12.1 Å². The molecule has 180 valence electrons. The molecule has 1 aliphatic heterocycles. The first-order valence-electron chi connectivity index (χ1n) is 11.4. The van der Waals surface area contributed by atoms with Gasteiger partial charge in [-0.1, -0.05) is 11.6 Å². The van der Waals surface area contributed by atoms with Crippen molar-refractivity contribution < 1.29 is 9.18 Å². The molecule has 0 bridgehead atoms. The first-order valence-corrected chi connectivity index (χ1v) is 11.8. The smallest absolute Gasteiger partial charge is 0.239 e. The molecular formula is C25H25ClFN7O. The molecule has 35 heavy (non-hydrogen) atoms. The number of H-pyrrole nitrogens is 1. The van der Waals surface area contributed by atoms with E-state index >= 15 is 0 Å². The third-order valence-electron chi connectivity index (χ3n) is 5.91. The largest absolute Gasteiger partial charge is 0.367 e. The third kappa shape index (κ3) is 4.82. The van der Waals surface area contributed by atoms with Gasteiger partial charge in [0.25, 0.3) is 0 Å². The molecule has 1 fully saturated rings. The number of carbonyl (C=O) groups excluding carboxylic acids is 1. The fourth-order valence-corrected chi connectivity index (χ4v) is 4.41. The normalized spacial score (nSPS) is 16.1. The van der Waals surface area contributed by atoms with Crippen LogP contribution >= 0.6 is 11.6 Å². The highest BCUT2D eigenvalue weighted by atomic mass is 35.5. The second-order valence-electron chi connectivity index (χ2n) is 8.82. The minimum Gasteiger partial charge on any atom is -0.367 e. The number of piperazine rings is 1. The Bertz CT molecular complexity index is 1390. The number of aromatic nitrogens is 4. The van der Waals surface area contributed by atoms with Gasteiger partial charge in [0.1, 0.15) is 17.6 Å². The van der Waals surface area contributed by atoms with E-state index in [1.807, 2.05) is 32.0 Å². The summed E-state index contributed by atoms with van der Waals surface area (Å²) in [5.41, 5.74) is 4.34. The fourth-order valence-electron chi connectivity index (χ4n) is 4.23. The van der Waals surface area contributed by atoms with Crippen LogP contribution < -0.4 is 15.5 Å². The number of aromatic amines is 1. The zero-order chi connectivity index (χ0) is 24.5. The Morgan fingerprint density at radius 3 is 2.89 bits per heavy atom. The highest BCUT2D eigenvalue weighted by Gasteiger charge is 2.26. The SMILES string of the molecule is CC(C)NC(=O)C1CN(c2cnc3ccc(-c4c[nH]nc4-c4cc(Cl)ccc4F)nc3c2)CCN1. The molecule has 1 atom stereocenters. The molecule has 0 radical (unpaired) electrons. The average Bonchev–Trinajstić information content (AvgIpc) is 3.34. The Hall–Kier alpha value is -3.56. The molecule has 0 aliphatic carbocycles. The lowest BCUT2D eigenvalue weighted by molar-refractivity contribution is -0.123. The number of halogens is 2. The van der Waals surface area contributed by atoms with Gasteiger partial charge in [0.2, 0.25) is 5.91 Å². The summed E-state index contributed by atoms with van der Waals surface area (Å²) in [6, 6.07) is 9.83. The van der Waals surface area contributed by atoms with E-state index in [4.69, 9.17) is 16.6 Å².